The SMILES string of the molecule is COC1CCC(Nc2nc(Cl)ccc2C(=O)N(C)OC)CC1. The molecule has 1 saturated carbocycles. The van der Waals surface area contributed by atoms with Crippen molar-refractivity contribution in [2.24, 2.45) is 0 Å². The molecule has 6 nitrogen and oxygen atoms in total. The number of aromatic nitrogens is 1. The van der Waals surface area contributed by atoms with Crippen molar-refractivity contribution in [3.63, 3.8) is 0 Å². The third-order valence-corrected chi connectivity index (χ3v) is 4.21. The summed E-state index contributed by atoms with van der Waals surface area (Å²) < 4.78 is 5.37. The highest BCUT2D eigenvalue weighted by molar-refractivity contribution is 6.29. The molecule has 0 unspecified atom stereocenters. The predicted octanol–water partition coefficient (Wildman–Crippen LogP) is 2.74. The third kappa shape index (κ3) is 4.09. The van der Waals surface area contributed by atoms with Gasteiger partial charge < -0.3 is 10.1 Å². The molecule has 1 amide bonds. The first-order valence-corrected chi connectivity index (χ1v) is 7.71. The lowest BCUT2D eigenvalue weighted by Crippen LogP contribution is -2.31. The molecule has 0 saturated heterocycles. The van der Waals surface area contributed by atoms with Crippen LogP contribution in [0.3, 0.4) is 0 Å². The molecule has 1 aromatic rings. The van der Waals surface area contributed by atoms with Gasteiger partial charge in [-0.1, -0.05) is 11.6 Å². The Hall–Kier alpha value is -1.37. The molecule has 2 rings (SSSR count). The van der Waals surface area contributed by atoms with Crippen molar-refractivity contribution < 1.29 is 14.4 Å². The van der Waals surface area contributed by atoms with E-state index in [0.29, 0.717) is 22.6 Å². The lowest BCUT2D eigenvalue weighted by atomic mass is 9.93. The molecule has 0 aromatic carbocycles. The monoisotopic (exact) mass is 327 g/mol. The fourth-order valence-electron chi connectivity index (χ4n) is 2.61. The van der Waals surface area contributed by atoms with E-state index in [0.717, 1.165) is 30.7 Å². The minimum atomic E-state index is -0.264. The maximum Gasteiger partial charge on any atom is 0.280 e. The second kappa shape index (κ2) is 7.76. The van der Waals surface area contributed by atoms with Crippen molar-refractivity contribution in [1.82, 2.24) is 10.0 Å². The first kappa shape index (κ1) is 17.0. The van der Waals surface area contributed by atoms with Crippen LogP contribution in [0.2, 0.25) is 5.15 Å². The highest BCUT2D eigenvalue weighted by Crippen LogP contribution is 2.26. The quantitative estimate of drug-likeness (QED) is 0.665. The Balaban J connectivity index is 2.12. The van der Waals surface area contributed by atoms with Crippen molar-refractivity contribution in [2.45, 2.75) is 37.8 Å². The summed E-state index contributed by atoms with van der Waals surface area (Å²) >= 11 is 5.97. The number of hydrogen-bond acceptors (Lipinski definition) is 5. The van der Waals surface area contributed by atoms with Crippen LogP contribution in [-0.4, -0.2) is 49.4 Å². The maximum atomic E-state index is 12.3. The van der Waals surface area contributed by atoms with Crippen molar-refractivity contribution >= 4 is 23.3 Å². The van der Waals surface area contributed by atoms with Crippen LogP contribution in [0.5, 0.6) is 0 Å². The van der Waals surface area contributed by atoms with E-state index in [-0.39, 0.29) is 11.9 Å². The van der Waals surface area contributed by atoms with Gasteiger partial charge in [0.15, 0.2) is 0 Å². The summed E-state index contributed by atoms with van der Waals surface area (Å²) in [4.78, 5) is 21.5. The molecular weight excluding hydrogens is 306 g/mol. The number of carbonyl (C=O) groups is 1. The molecule has 1 aliphatic rings. The largest absolute Gasteiger partial charge is 0.381 e. The van der Waals surface area contributed by atoms with E-state index in [2.05, 4.69) is 10.3 Å². The van der Waals surface area contributed by atoms with Crippen molar-refractivity contribution in [3.8, 4) is 0 Å². The van der Waals surface area contributed by atoms with Crippen LogP contribution in [0.1, 0.15) is 36.0 Å². The molecule has 1 fully saturated rings. The van der Waals surface area contributed by atoms with E-state index in [1.807, 2.05) is 0 Å². The first-order chi connectivity index (χ1) is 10.5. The molecule has 1 aliphatic carbocycles. The lowest BCUT2D eigenvalue weighted by Gasteiger charge is -2.29. The summed E-state index contributed by atoms with van der Waals surface area (Å²) in [5.41, 5.74) is 0.447. The molecule has 122 valence electrons. The normalized spacial score (nSPS) is 21.5. The Morgan fingerprint density at radius 1 is 1.32 bits per heavy atom. The number of nitrogens with one attached hydrogen (secondary N) is 1. The Labute approximate surface area is 135 Å². The molecule has 7 heteroatoms. The average molecular weight is 328 g/mol. The van der Waals surface area contributed by atoms with Crippen LogP contribution < -0.4 is 5.32 Å². The number of halogens is 1. The van der Waals surface area contributed by atoms with E-state index in [1.165, 1.54) is 7.11 Å². The maximum absolute atomic E-state index is 12.3. The summed E-state index contributed by atoms with van der Waals surface area (Å²) in [6, 6.07) is 3.53. The van der Waals surface area contributed by atoms with E-state index in [1.54, 1.807) is 26.3 Å². The fraction of sp³-hybridized carbons (Fsp3) is 0.600. The zero-order valence-electron chi connectivity index (χ0n) is 13.1. The number of hydroxylamine groups is 2. The van der Waals surface area contributed by atoms with Gasteiger partial charge in [0.1, 0.15) is 11.0 Å². The zero-order chi connectivity index (χ0) is 16.1. The molecular formula is C15H22ClN3O3. The number of amides is 1. The van der Waals surface area contributed by atoms with Gasteiger partial charge in [-0.05, 0) is 37.8 Å². The third-order valence-electron chi connectivity index (χ3n) is 4.00. The average Bonchev–Trinajstić information content (AvgIpc) is 2.54. The van der Waals surface area contributed by atoms with Crippen LogP contribution in [0.25, 0.3) is 0 Å². The first-order valence-electron chi connectivity index (χ1n) is 7.33. The highest BCUT2D eigenvalue weighted by atomic mass is 35.5. The molecule has 22 heavy (non-hydrogen) atoms. The minimum Gasteiger partial charge on any atom is -0.381 e. The van der Waals surface area contributed by atoms with Gasteiger partial charge in [-0.2, -0.15) is 0 Å². The highest BCUT2D eigenvalue weighted by Gasteiger charge is 2.24. The van der Waals surface area contributed by atoms with Crippen LogP contribution in [0.4, 0.5) is 5.82 Å². The Morgan fingerprint density at radius 3 is 2.59 bits per heavy atom. The van der Waals surface area contributed by atoms with Crippen molar-refractivity contribution in [2.75, 3.05) is 26.6 Å². The second-order valence-corrected chi connectivity index (χ2v) is 5.76. The van der Waals surface area contributed by atoms with Crippen molar-refractivity contribution in [1.29, 1.82) is 0 Å². The van der Waals surface area contributed by atoms with E-state index < -0.39 is 0 Å². The van der Waals surface area contributed by atoms with E-state index >= 15 is 0 Å². The molecule has 0 radical (unpaired) electrons. The van der Waals surface area contributed by atoms with Gasteiger partial charge >= 0.3 is 0 Å². The summed E-state index contributed by atoms with van der Waals surface area (Å²) in [5.74, 6) is 0.238. The summed E-state index contributed by atoms with van der Waals surface area (Å²) in [5, 5.41) is 4.86. The van der Waals surface area contributed by atoms with E-state index in [9.17, 15) is 4.79 Å². The van der Waals surface area contributed by atoms with Gasteiger partial charge in [0, 0.05) is 20.2 Å². The number of methoxy groups -OCH3 is 1. The molecule has 1 aromatic heterocycles. The molecule has 0 atom stereocenters. The van der Waals surface area contributed by atoms with Gasteiger partial charge in [0.05, 0.1) is 18.8 Å². The number of rotatable bonds is 5. The number of ether oxygens (including phenoxy) is 1. The summed E-state index contributed by atoms with van der Waals surface area (Å²) in [7, 11) is 4.75. The van der Waals surface area contributed by atoms with Crippen LogP contribution in [0.15, 0.2) is 12.1 Å². The van der Waals surface area contributed by atoms with Crippen LogP contribution in [-0.2, 0) is 9.57 Å². The standard InChI is InChI=1S/C15H22ClN3O3/c1-19(22-3)15(20)12-8-9-13(16)18-14(12)17-10-4-6-11(21-2)7-5-10/h8-11H,4-7H2,1-3H3,(H,17,18). The van der Waals surface area contributed by atoms with Gasteiger partial charge in [-0.25, -0.2) is 10.0 Å². The molecule has 0 bridgehead atoms. The van der Waals surface area contributed by atoms with Gasteiger partial charge in [0.25, 0.3) is 5.91 Å². The molecule has 1 heterocycles. The molecule has 0 spiro atoms. The Bertz CT molecular complexity index is 519. The predicted molar refractivity (Wildman–Crippen MR) is 85.0 cm³/mol. The number of carbonyl (C=O) groups excluding carboxylic acids is 1. The van der Waals surface area contributed by atoms with Crippen LogP contribution in [0, 0.1) is 0 Å². The van der Waals surface area contributed by atoms with Gasteiger partial charge in [-0.15, -0.1) is 0 Å². The van der Waals surface area contributed by atoms with Crippen LogP contribution >= 0.6 is 11.6 Å². The minimum absolute atomic E-state index is 0.261. The summed E-state index contributed by atoms with van der Waals surface area (Å²) in [6.45, 7) is 0. The Morgan fingerprint density at radius 2 is 2.00 bits per heavy atom. The number of pyridine rings is 1. The Kier molecular flexibility index (Phi) is 5.99. The summed E-state index contributed by atoms with van der Waals surface area (Å²) in [6.07, 6.45) is 4.26. The molecule has 1 N–H and O–H groups in total. The zero-order valence-corrected chi connectivity index (χ0v) is 13.9. The topological polar surface area (TPSA) is 63.7 Å². The number of nitrogens with zero attached hydrogens (tertiary/aromatic N) is 2. The molecule has 0 aliphatic heterocycles. The van der Waals surface area contributed by atoms with Gasteiger partial charge in [-0.3, -0.25) is 9.63 Å². The van der Waals surface area contributed by atoms with E-state index in [4.69, 9.17) is 21.2 Å². The van der Waals surface area contributed by atoms with Gasteiger partial charge in [0.2, 0.25) is 0 Å². The number of anilines is 1. The lowest BCUT2D eigenvalue weighted by molar-refractivity contribution is -0.0756. The second-order valence-electron chi connectivity index (χ2n) is 5.37. The number of hydrogen-bond donors (Lipinski definition) is 1. The fourth-order valence-corrected chi connectivity index (χ4v) is 2.75. The smallest absolute Gasteiger partial charge is 0.280 e. The van der Waals surface area contributed by atoms with Crippen molar-refractivity contribution in [3.05, 3.63) is 22.8 Å².